The first kappa shape index (κ1) is 14.0. The van der Waals surface area contributed by atoms with Crippen molar-refractivity contribution in [3.05, 3.63) is 17.0 Å². The minimum Gasteiger partial charge on any atom is -0.364 e. The van der Waals surface area contributed by atoms with E-state index in [0.717, 1.165) is 13.1 Å². The fourth-order valence-electron chi connectivity index (χ4n) is 2.43. The van der Waals surface area contributed by atoms with E-state index in [1.165, 1.54) is 16.2 Å². The number of amides is 1. The van der Waals surface area contributed by atoms with Crippen molar-refractivity contribution in [2.45, 2.75) is 26.1 Å². The van der Waals surface area contributed by atoms with Crippen LogP contribution in [0.5, 0.6) is 0 Å². The highest BCUT2D eigenvalue weighted by atomic mass is 32.1. The number of carbonyl (C=O) groups is 1. The largest absolute Gasteiger partial charge is 0.364 e. The van der Waals surface area contributed by atoms with Crippen LogP contribution >= 0.6 is 11.3 Å². The maximum Gasteiger partial charge on any atom is 0.280 e. The summed E-state index contributed by atoms with van der Waals surface area (Å²) < 4.78 is 5.65. The highest BCUT2D eigenvalue weighted by Crippen LogP contribution is 2.21. The highest BCUT2D eigenvalue weighted by molar-refractivity contribution is 7.14. The molecule has 1 aromatic heterocycles. The number of nitrogens with one attached hydrogen (secondary N) is 2. The van der Waals surface area contributed by atoms with Gasteiger partial charge in [-0.1, -0.05) is 0 Å². The van der Waals surface area contributed by atoms with Crippen LogP contribution in [0.2, 0.25) is 0 Å². The fraction of sp³-hybridized carbons (Fsp3) is 0.538. The van der Waals surface area contributed by atoms with Gasteiger partial charge >= 0.3 is 0 Å². The van der Waals surface area contributed by atoms with Crippen LogP contribution in [-0.4, -0.2) is 37.7 Å². The van der Waals surface area contributed by atoms with Crippen LogP contribution in [-0.2, 0) is 9.53 Å². The van der Waals surface area contributed by atoms with E-state index >= 15 is 0 Å². The number of rotatable bonds is 3. The molecule has 5 nitrogen and oxygen atoms in total. The monoisotopic (exact) mass is 280 g/mol. The molecule has 0 aromatic carbocycles. The Morgan fingerprint density at radius 2 is 2.26 bits per heavy atom. The van der Waals surface area contributed by atoms with Crippen LogP contribution in [0.3, 0.4) is 0 Å². The minimum atomic E-state index is -0.0461. The van der Waals surface area contributed by atoms with Crippen LogP contribution in [0.4, 0.5) is 5.00 Å². The Labute approximate surface area is 116 Å². The molecule has 19 heavy (non-hydrogen) atoms. The van der Waals surface area contributed by atoms with Gasteiger partial charge in [0.05, 0.1) is 5.56 Å². The van der Waals surface area contributed by atoms with Crippen molar-refractivity contribution in [3.8, 4) is 6.07 Å². The topological polar surface area (TPSA) is 66.6 Å². The average Bonchev–Trinajstić information content (AvgIpc) is 2.74. The van der Waals surface area contributed by atoms with Crippen molar-refractivity contribution in [3.63, 3.8) is 0 Å². The Balaban J connectivity index is 1.89. The lowest BCUT2D eigenvalue weighted by atomic mass is 10.2. The Bertz CT molecular complexity index is 484. The molecular formula is C13H18N3O2S+. The molecule has 0 saturated carbocycles. The van der Waals surface area contributed by atoms with E-state index in [1.807, 2.05) is 13.8 Å². The Hall–Kier alpha value is -1.42. The number of ether oxygens (including phenoxy) is 1. The summed E-state index contributed by atoms with van der Waals surface area (Å²) in [6.07, 6.45) is 0.367. The second kappa shape index (κ2) is 6.15. The Morgan fingerprint density at radius 3 is 2.89 bits per heavy atom. The van der Waals surface area contributed by atoms with Gasteiger partial charge in [-0.05, 0) is 25.3 Å². The molecule has 1 amide bonds. The molecule has 1 aromatic rings. The zero-order valence-corrected chi connectivity index (χ0v) is 11.9. The number of morpholine rings is 1. The van der Waals surface area contributed by atoms with E-state index in [0.29, 0.717) is 17.1 Å². The van der Waals surface area contributed by atoms with Gasteiger partial charge < -0.3 is 15.0 Å². The minimum absolute atomic E-state index is 0.0461. The number of nitriles is 1. The molecule has 2 heterocycles. The number of quaternary nitrogens is 1. The number of thiophene rings is 1. The van der Waals surface area contributed by atoms with Crippen LogP contribution in [0.1, 0.15) is 19.4 Å². The van der Waals surface area contributed by atoms with Crippen molar-refractivity contribution >= 4 is 22.2 Å². The lowest BCUT2D eigenvalue weighted by molar-refractivity contribution is -0.907. The summed E-state index contributed by atoms with van der Waals surface area (Å²) in [5.74, 6) is -0.0461. The molecule has 0 aliphatic carbocycles. The molecule has 0 radical (unpaired) electrons. The van der Waals surface area contributed by atoms with Gasteiger partial charge in [-0.25, -0.2) is 0 Å². The van der Waals surface area contributed by atoms with E-state index in [2.05, 4.69) is 11.4 Å². The second-order valence-electron chi connectivity index (χ2n) is 4.92. The highest BCUT2D eigenvalue weighted by Gasteiger charge is 2.27. The Kier molecular flexibility index (Phi) is 4.53. The third kappa shape index (κ3) is 3.77. The zero-order valence-electron chi connectivity index (χ0n) is 11.1. The first-order valence-electron chi connectivity index (χ1n) is 6.35. The van der Waals surface area contributed by atoms with Gasteiger partial charge in [-0.15, -0.1) is 11.3 Å². The van der Waals surface area contributed by atoms with E-state index in [-0.39, 0.29) is 18.1 Å². The van der Waals surface area contributed by atoms with Gasteiger partial charge in [0.15, 0.2) is 6.54 Å². The lowest BCUT2D eigenvalue weighted by Gasteiger charge is -2.31. The third-order valence-electron chi connectivity index (χ3n) is 3.07. The lowest BCUT2D eigenvalue weighted by Crippen LogP contribution is -3.16. The number of carbonyl (C=O) groups excluding carboxylic acids is 1. The van der Waals surface area contributed by atoms with Crippen molar-refractivity contribution in [1.29, 1.82) is 5.26 Å². The van der Waals surface area contributed by atoms with Gasteiger partial charge in [0.1, 0.15) is 36.4 Å². The molecule has 0 spiro atoms. The van der Waals surface area contributed by atoms with E-state index in [1.54, 1.807) is 11.4 Å². The maximum absolute atomic E-state index is 12.0. The molecule has 2 N–H and O–H groups in total. The molecule has 1 aliphatic heterocycles. The van der Waals surface area contributed by atoms with Crippen LogP contribution in [0.15, 0.2) is 11.4 Å². The molecule has 1 unspecified atom stereocenters. The number of hydrogen-bond donors (Lipinski definition) is 2. The van der Waals surface area contributed by atoms with E-state index in [4.69, 9.17) is 10.00 Å². The van der Waals surface area contributed by atoms with Crippen molar-refractivity contribution in [1.82, 2.24) is 0 Å². The second-order valence-corrected chi connectivity index (χ2v) is 5.83. The van der Waals surface area contributed by atoms with Gasteiger partial charge in [-0.3, -0.25) is 4.79 Å². The zero-order chi connectivity index (χ0) is 13.8. The first-order valence-corrected chi connectivity index (χ1v) is 7.23. The SMILES string of the molecule is C[C@@H]1C[NH+](CC(=O)Nc2sccc2C#N)C[C@H](C)O1. The third-order valence-corrected chi connectivity index (χ3v) is 3.90. The van der Waals surface area contributed by atoms with Crippen molar-refractivity contribution in [2.24, 2.45) is 0 Å². The summed E-state index contributed by atoms with van der Waals surface area (Å²) in [4.78, 5) is 13.2. The summed E-state index contributed by atoms with van der Waals surface area (Å²) in [6, 6.07) is 3.78. The molecule has 1 aliphatic rings. The molecule has 1 fully saturated rings. The van der Waals surface area contributed by atoms with E-state index in [9.17, 15) is 4.79 Å². The van der Waals surface area contributed by atoms with Gasteiger partial charge in [-0.2, -0.15) is 5.26 Å². The summed E-state index contributed by atoms with van der Waals surface area (Å²) in [5, 5.41) is 14.2. The van der Waals surface area contributed by atoms with E-state index < -0.39 is 0 Å². The summed E-state index contributed by atoms with van der Waals surface area (Å²) in [6.45, 7) is 6.16. The molecule has 1 saturated heterocycles. The number of nitrogens with zero attached hydrogens (tertiary/aromatic N) is 1. The molecular weight excluding hydrogens is 262 g/mol. The number of anilines is 1. The standard InChI is InChI=1S/C13H17N3O2S/c1-9-6-16(7-10(2)18-9)8-12(17)15-13-11(5-14)3-4-19-13/h3-4,9-10H,6-8H2,1-2H3,(H,15,17)/p+1/t9-,10+. The molecule has 6 heteroatoms. The van der Waals surface area contributed by atoms with Crippen LogP contribution < -0.4 is 10.2 Å². The van der Waals surface area contributed by atoms with Crippen LogP contribution in [0.25, 0.3) is 0 Å². The van der Waals surface area contributed by atoms with Crippen molar-refractivity contribution in [2.75, 3.05) is 25.0 Å². The normalized spacial score (nSPS) is 26.7. The summed E-state index contributed by atoms with van der Waals surface area (Å²) >= 11 is 1.38. The number of hydrogen-bond acceptors (Lipinski definition) is 4. The molecule has 3 atom stereocenters. The predicted molar refractivity (Wildman–Crippen MR) is 73.2 cm³/mol. The summed E-state index contributed by atoms with van der Waals surface area (Å²) in [7, 11) is 0. The van der Waals surface area contributed by atoms with Gasteiger partial charge in [0.25, 0.3) is 5.91 Å². The maximum atomic E-state index is 12.0. The van der Waals surface area contributed by atoms with Crippen molar-refractivity contribution < 1.29 is 14.4 Å². The molecule has 102 valence electrons. The fourth-order valence-corrected chi connectivity index (χ4v) is 3.18. The molecule has 0 bridgehead atoms. The first-order chi connectivity index (χ1) is 9.08. The average molecular weight is 280 g/mol. The smallest absolute Gasteiger partial charge is 0.280 e. The van der Waals surface area contributed by atoms with Gasteiger partial charge in [0, 0.05) is 0 Å². The molecule has 2 rings (SSSR count). The van der Waals surface area contributed by atoms with Gasteiger partial charge in [0.2, 0.25) is 0 Å². The van der Waals surface area contributed by atoms with Crippen LogP contribution in [0, 0.1) is 11.3 Å². The summed E-state index contributed by atoms with van der Waals surface area (Å²) in [5.41, 5.74) is 0.525. The predicted octanol–water partition coefficient (Wildman–Crippen LogP) is 0.250. The quantitative estimate of drug-likeness (QED) is 0.834. The Morgan fingerprint density at radius 1 is 1.58 bits per heavy atom.